The van der Waals surface area contributed by atoms with Gasteiger partial charge in [-0.15, -0.1) is 0 Å². The van der Waals surface area contributed by atoms with Gasteiger partial charge in [0.1, 0.15) is 10.8 Å². The first-order valence-corrected chi connectivity index (χ1v) is 13.4. The molecule has 40 heavy (non-hydrogen) atoms. The van der Waals surface area contributed by atoms with Crippen LogP contribution < -0.4 is 10.7 Å². The number of carboxylic acids is 1. The Hall–Kier alpha value is -4.17. The second-order valence-electron chi connectivity index (χ2n) is 9.32. The third kappa shape index (κ3) is 6.34. The summed E-state index contributed by atoms with van der Waals surface area (Å²) in [6, 6.07) is 7.12. The van der Waals surface area contributed by atoms with Crippen molar-refractivity contribution in [2.24, 2.45) is 5.10 Å². The van der Waals surface area contributed by atoms with E-state index in [4.69, 9.17) is 11.6 Å². The molecule has 214 valence electrons. The molecular formula is C25H27ClN4O9S. The van der Waals surface area contributed by atoms with Gasteiger partial charge in [0.25, 0.3) is 11.8 Å². The normalized spacial score (nSPS) is 18.1. The number of carbonyl (C=O) groups is 4. The molecule has 3 amide bonds. The number of aromatic hydroxyl groups is 2. The summed E-state index contributed by atoms with van der Waals surface area (Å²) < 4.78 is 22.2. The highest BCUT2D eigenvalue weighted by molar-refractivity contribution is 7.75. The largest absolute Gasteiger partial charge is 0.504 e. The molecule has 0 bridgehead atoms. The van der Waals surface area contributed by atoms with Crippen LogP contribution in [0.15, 0.2) is 47.6 Å². The van der Waals surface area contributed by atoms with E-state index in [0.717, 1.165) is 30.2 Å². The number of hydrazone groups is 1. The van der Waals surface area contributed by atoms with Crippen molar-refractivity contribution < 1.29 is 42.9 Å². The van der Waals surface area contributed by atoms with Gasteiger partial charge in [-0.3, -0.25) is 14.4 Å². The highest BCUT2D eigenvalue weighted by atomic mass is 35.5. The number of benzene rings is 2. The molecule has 13 nitrogen and oxygen atoms in total. The van der Waals surface area contributed by atoms with Crippen molar-refractivity contribution in [2.45, 2.75) is 49.6 Å². The third-order valence-corrected chi connectivity index (χ3v) is 7.97. The lowest BCUT2D eigenvalue weighted by Crippen LogP contribution is -2.66. The van der Waals surface area contributed by atoms with Crippen molar-refractivity contribution >= 4 is 52.2 Å². The summed E-state index contributed by atoms with van der Waals surface area (Å²) in [5.41, 5.74) is 2.52. The lowest BCUT2D eigenvalue weighted by atomic mass is 9.92. The lowest BCUT2D eigenvalue weighted by molar-refractivity contribution is -0.161. The Morgan fingerprint density at radius 3 is 2.40 bits per heavy atom. The number of phenolic OH excluding ortho intramolecular Hbond substituents is 2. The van der Waals surface area contributed by atoms with E-state index in [-0.39, 0.29) is 18.4 Å². The Bertz CT molecular complexity index is 1420. The number of halogens is 1. The van der Waals surface area contributed by atoms with E-state index in [2.05, 4.69) is 15.8 Å². The molecule has 1 aliphatic heterocycles. The minimum absolute atomic E-state index is 0.0414. The number of hydrogen-bond acceptors (Lipinski definition) is 9. The zero-order chi connectivity index (χ0) is 29.8. The Morgan fingerprint density at radius 1 is 1.20 bits per heavy atom. The number of thiol groups is 1. The molecule has 4 atom stereocenters. The summed E-state index contributed by atoms with van der Waals surface area (Å²) in [6.07, 6.45) is 0.747. The number of phenols is 2. The number of hydrogen-bond donors (Lipinski definition) is 6. The van der Waals surface area contributed by atoms with Crippen molar-refractivity contribution in [2.75, 3.05) is 0 Å². The molecular weight excluding hydrogens is 568 g/mol. The predicted octanol–water partition coefficient (Wildman–Crippen LogP) is 0.638. The van der Waals surface area contributed by atoms with Crippen LogP contribution in [0.4, 0.5) is 0 Å². The number of nitrogens with zero attached hydrogens (tertiary/aromatic N) is 2. The van der Waals surface area contributed by atoms with Crippen LogP contribution in [-0.4, -0.2) is 81.4 Å². The fourth-order valence-electron chi connectivity index (χ4n) is 4.19. The summed E-state index contributed by atoms with van der Waals surface area (Å²) >= 11 is 5.97. The Morgan fingerprint density at radius 2 is 1.85 bits per heavy atom. The fourth-order valence-corrected chi connectivity index (χ4v) is 5.02. The molecule has 0 unspecified atom stereocenters. The number of amides is 3. The minimum Gasteiger partial charge on any atom is -0.504 e. The molecule has 0 aromatic heterocycles. The first-order valence-electron chi connectivity index (χ1n) is 11.9. The van der Waals surface area contributed by atoms with Gasteiger partial charge in [-0.05, 0) is 31.5 Å². The van der Waals surface area contributed by atoms with Gasteiger partial charge in [-0.25, -0.2) is 18.6 Å². The fraction of sp³-hybridized carbons (Fsp3) is 0.320. The van der Waals surface area contributed by atoms with Gasteiger partial charge < -0.3 is 25.5 Å². The second-order valence-corrected chi connectivity index (χ2v) is 11.2. The monoisotopic (exact) mass is 594 g/mol. The molecule has 1 heterocycles. The van der Waals surface area contributed by atoms with E-state index in [1.165, 1.54) is 0 Å². The molecule has 2 aromatic carbocycles. The summed E-state index contributed by atoms with van der Waals surface area (Å²) in [5, 5.41) is 34.9. The zero-order valence-corrected chi connectivity index (χ0v) is 22.9. The Labute approximate surface area is 235 Å². The maximum Gasteiger partial charge on any atom is 0.328 e. The van der Waals surface area contributed by atoms with E-state index in [1.807, 2.05) is 0 Å². The molecule has 0 saturated carbocycles. The number of rotatable bonds is 11. The van der Waals surface area contributed by atoms with Crippen LogP contribution in [0.5, 0.6) is 11.5 Å². The molecule has 0 aliphatic carbocycles. The van der Waals surface area contributed by atoms with Gasteiger partial charge in [0.15, 0.2) is 28.2 Å². The molecule has 3 rings (SSSR count). The van der Waals surface area contributed by atoms with Gasteiger partial charge in [-0.1, -0.05) is 41.9 Å². The SMILES string of the molecule is C[C@@H]1CC(=O)N1[C@@H](C(=O)O)[C@](C)(/C=N/NC(=O)[C@H](Cc1ccccc1)NC(=O)c1ccc(O)c(O)c1Cl)[SH](=O)=O. The van der Waals surface area contributed by atoms with Crippen molar-refractivity contribution in [3.63, 3.8) is 0 Å². The van der Waals surface area contributed by atoms with E-state index >= 15 is 0 Å². The van der Waals surface area contributed by atoms with Crippen molar-refractivity contribution in [3.8, 4) is 11.5 Å². The highest BCUT2D eigenvalue weighted by Gasteiger charge is 2.52. The molecule has 1 saturated heterocycles. The highest BCUT2D eigenvalue weighted by Crippen LogP contribution is 2.35. The van der Waals surface area contributed by atoms with E-state index in [9.17, 15) is 42.9 Å². The quantitative estimate of drug-likeness (QED) is 0.0709. The van der Waals surface area contributed by atoms with E-state index in [0.29, 0.717) is 5.56 Å². The third-order valence-electron chi connectivity index (χ3n) is 6.44. The van der Waals surface area contributed by atoms with Crippen LogP contribution >= 0.6 is 11.6 Å². The standard InChI is InChI=1S/C25H27ClN4O9S/c1-13-10-18(32)30(13)21(24(36)37)25(2,40(38)39)12-27-29-23(35)16(11-14-6-4-3-5-7-14)28-22(34)15-8-9-17(31)20(33)19(15)26/h3-9,12-13,16,21,31,33,40H,10-11H2,1-2H3,(H,28,34)(H,29,35)(H,36,37)/b27-12+/t13-,16+,21+,25+/m1/s1. The smallest absolute Gasteiger partial charge is 0.328 e. The van der Waals surface area contributed by atoms with Crippen LogP contribution in [0.25, 0.3) is 0 Å². The van der Waals surface area contributed by atoms with E-state index < -0.39 is 73.8 Å². The molecule has 1 aliphatic rings. The molecule has 0 radical (unpaired) electrons. The van der Waals surface area contributed by atoms with Crippen LogP contribution in [0.1, 0.15) is 36.2 Å². The molecule has 0 spiro atoms. The molecule has 1 fully saturated rings. The average molecular weight is 595 g/mol. The molecule has 2 aromatic rings. The van der Waals surface area contributed by atoms with Crippen LogP contribution in [0.2, 0.25) is 5.02 Å². The number of nitrogens with one attached hydrogen (secondary N) is 2. The number of aliphatic carboxylic acids is 1. The first-order chi connectivity index (χ1) is 18.8. The maximum atomic E-state index is 13.1. The van der Waals surface area contributed by atoms with Gasteiger partial charge in [-0.2, -0.15) is 5.10 Å². The number of likely N-dealkylation sites (tertiary alicyclic amines) is 1. The summed E-state index contributed by atoms with van der Waals surface area (Å²) in [5.74, 6) is -5.15. The van der Waals surface area contributed by atoms with Gasteiger partial charge in [0.2, 0.25) is 5.91 Å². The summed E-state index contributed by atoms with van der Waals surface area (Å²) in [4.78, 5) is 51.0. The topological polar surface area (TPSA) is 203 Å². The van der Waals surface area contributed by atoms with Crippen molar-refractivity contribution in [3.05, 3.63) is 58.6 Å². The second kappa shape index (κ2) is 12.3. The molecule has 5 N–H and O–H groups in total. The lowest BCUT2D eigenvalue weighted by Gasteiger charge is -2.45. The van der Waals surface area contributed by atoms with Crippen LogP contribution in [-0.2, 0) is 31.5 Å². The van der Waals surface area contributed by atoms with Gasteiger partial charge in [0.05, 0.1) is 10.6 Å². The zero-order valence-electron chi connectivity index (χ0n) is 21.3. The van der Waals surface area contributed by atoms with Crippen molar-refractivity contribution in [1.29, 1.82) is 0 Å². The summed E-state index contributed by atoms with van der Waals surface area (Å²) in [6.45, 7) is 2.64. The average Bonchev–Trinajstić information content (AvgIpc) is 2.90. The number of carbonyl (C=O) groups excluding carboxylic acids is 3. The van der Waals surface area contributed by atoms with Crippen LogP contribution in [0.3, 0.4) is 0 Å². The summed E-state index contributed by atoms with van der Waals surface area (Å²) in [7, 11) is -3.50. The predicted molar refractivity (Wildman–Crippen MR) is 144 cm³/mol. The van der Waals surface area contributed by atoms with E-state index in [1.54, 1.807) is 37.3 Å². The number of β-lactam (4-membered cyclic amide) rings is 1. The van der Waals surface area contributed by atoms with Gasteiger partial charge in [0, 0.05) is 25.1 Å². The van der Waals surface area contributed by atoms with Crippen LogP contribution in [0, 0.1) is 0 Å². The first kappa shape index (κ1) is 30.4. The Balaban J connectivity index is 1.86. The van der Waals surface area contributed by atoms with Crippen molar-refractivity contribution in [1.82, 2.24) is 15.6 Å². The number of carboxylic acid groups (broad SMARTS) is 1. The maximum absolute atomic E-state index is 13.1. The van der Waals surface area contributed by atoms with Gasteiger partial charge >= 0.3 is 5.97 Å². The minimum atomic E-state index is -3.50. The Kier molecular flexibility index (Phi) is 9.37. The molecule has 15 heteroatoms.